The highest BCUT2D eigenvalue weighted by atomic mass is 16.2. The number of piperidine rings is 2. The van der Waals surface area contributed by atoms with Gasteiger partial charge in [0.25, 0.3) is 5.91 Å². The van der Waals surface area contributed by atoms with Crippen LogP contribution in [0.15, 0.2) is 42.7 Å². The Morgan fingerprint density at radius 1 is 1.11 bits per heavy atom. The fourth-order valence-corrected chi connectivity index (χ4v) is 6.21. The van der Waals surface area contributed by atoms with Gasteiger partial charge in [-0.05, 0) is 61.1 Å². The van der Waals surface area contributed by atoms with Gasteiger partial charge < -0.3 is 14.7 Å². The third kappa shape index (κ3) is 4.47. The van der Waals surface area contributed by atoms with E-state index in [1.807, 2.05) is 35.4 Å². The third-order valence-electron chi connectivity index (χ3n) is 8.45. The maximum atomic E-state index is 13.0. The van der Waals surface area contributed by atoms with Gasteiger partial charge in [-0.15, -0.1) is 0 Å². The fraction of sp³-hybridized carbons (Fsp3) is 0.464. The maximum Gasteiger partial charge on any atom is 0.255 e. The van der Waals surface area contributed by atoms with Crippen molar-refractivity contribution >= 4 is 29.3 Å². The van der Waals surface area contributed by atoms with Crippen molar-refractivity contribution in [3.05, 3.63) is 59.4 Å². The Hall–Kier alpha value is -3.75. The summed E-state index contributed by atoms with van der Waals surface area (Å²) in [5, 5.41) is 2.35. The first-order chi connectivity index (χ1) is 17.9. The van der Waals surface area contributed by atoms with E-state index in [0.29, 0.717) is 24.9 Å². The number of rotatable bonds is 5. The summed E-state index contributed by atoms with van der Waals surface area (Å²) < 4.78 is 0. The Morgan fingerprint density at radius 2 is 1.92 bits per heavy atom. The molecule has 4 aliphatic heterocycles. The van der Waals surface area contributed by atoms with Crippen molar-refractivity contribution in [1.29, 1.82) is 0 Å². The van der Waals surface area contributed by atoms with Gasteiger partial charge >= 0.3 is 0 Å². The molecule has 37 heavy (non-hydrogen) atoms. The van der Waals surface area contributed by atoms with Gasteiger partial charge in [-0.3, -0.25) is 29.5 Å². The van der Waals surface area contributed by atoms with Crippen LogP contribution in [0.2, 0.25) is 0 Å². The molecule has 3 saturated heterocycles. The predicted molar refractivity (Wildman–Crippen MR) is 136 cm³/mol. The maximum absolute atomic E-state index is 13.0. The highest BCUT2D eigenvalue weighted by Gasteiger charge is 2.46. The fourth-order valence-electron chi connectivity index (χ4n) is 6.21. The lowest BCUT2D eigenvalue weighted by Gasteiger charge is -2.55. The van der Waals surface area contributed by atoms with E-state index in [1.165, 1.54) is 0 Å². The Balaban J connectivity index is 1.02. The average Bonchev–Trinajstić information content (AvgIpc) is 3.22. The second-order valence-electron chi connectivity index (χ2n) is 10.8. The van der Waals surface area contributed by atoms with Gasteiger partial charge in [-0.1, -0.05) is 6.07 Å². The van der Waals surface area contributed by atoms with Crippen LogP contribution in [0.1, 0.15) is 53.6 Å². The zero-order chi connectivity index (χ0) is 25.6. The zero-order valence-electron chi connectivity index (χ0n) is 20.8. The third-order valence-corrected chi connectivity index (χ3v) is 8.45. The molecule has 1 spiro atoms. The van der Waals surface area contributed by atoms with Crippen molar-refractivity contribution in [2.45, 2.75) is 51.1 Å². The molecule has 9 heteroatoms. The molecular weight excluding hydrogens is 470 g/mol. The number of carbonyl (C=O) groups is 4. The number of anilines is 1. The van der Waals surface area contributed by atoms with Crippen LogP contribution in [0.25, 0.3) is 0 Å². The Morgan fingerprint density at radius 3 is 2.65 bits per heavy atom. The summed E-state index contributed by atoms with van der Waals surface area (Å²) in [6.07, 6.45) is 7.46. The molecular formula is C28H31N5O4. The van der Waals surface area contributed by atoms with E-state index >= 15 is 0 Å². The normalized spacial score (nSPS) is 22.6. The van der Waals surface area contributed by atoms with Gasteiger partial charge in [0.1, 0.15) is 6.04 Å². The predicted octanol–water partition coefficient (Wildman–Crippen LogP) is 1.90. The summed E-state index contributed by atoms with van der Waals surface area (Å²) in [4.78, 5) is 59.5. The van der Waals surface area contributed by atoms with Crippen LogP contribution in [0, 0.1) is 5.41 Å². The topological polar surface area (TPSA) is 103 Å². The van der Waals surface area contributed by atoms with E-state index < -0.39 is 6.04 Å². The number of likely N-dealkylation sites (tertiary alicyclic amines) is 1. The summed E-state index contributed by atoms with van der Waals surface area (Å²) in [6, 6.07) is 9.26. The first-order valence-electron chi connectivity index (χ1n) is 13.1. The molecule has 0 radical (unpaired) electrons. The molecule has 192 valence electrons. The average molecular weight is 502 g/mol. The van der Waals surface area contributed by atoms with E-state index in [1.54, 1.807) is 11.1 Å². The lowest BCUT2D eigenvalue weighted by atomic mass is 9.71. The van der Waals surface area contributed by atoms with Crippen LogP contribution >= 0.6 is 0 Å². The molecule has 3 fully saturated rings. The van der Waals surface area contributed by atoms with Crippen molar-refractivity contribution in [2.75, 3.05) is 31.1 Å². The monoisotopic (exact) mass is 501 g/mol. The molecule has 1 atom stereocenters. The Labute approximate surface area is 215 Å². The number of hydrogen-bond acceptors (Lipinski definition) is 6. The van der Waals surface area contributed by atoms with Crippen molar-refractivity contribution in [3.8, 4) is 0 Å². The molecule has 1 aromatic carbocycles. The number of amides is 4. The number of carbonyl (C=O) groups excluding carboxylic acids is 4. The van der Waals surface area contributed by atoms with Crippen LogP contribution in [0.3, 0.4) is 0 Å². The quantitative estimate of drug-likeness (QED) is 0.628. The molecule has 6 rings (SSSR count). The lowest BCUT2D eigenvalue weighted by Crippen LogP contribution is -2.61. The molecule has 4 amide bonds. The van der Waals surface area contributed by atoms with Gasteiger partial charge in [-0.2, -0.15) is 0 Å². The summed E-state index contributed by atoms with van der Waals surface area (Å²) in [5.41, 5.74) is 4.00. The summed E-state index contributed by atoms with van der Waals surface area (Å²) in [6.45, 7) is 3.91. The van der Waals surface area contributed by atoms with Crippen molar-refractivity contribution in [3.63, 3.8) is 0 Å². The number of fused-ring (bicyclic) bond motifs is 1. The molecule has 0 aliphatic carbocycles. The smallest absolute Gasteiger partial charge is 0.255 e. The standard InChI is InChI=1S/C28H31N5O4/c34-24-7-6-23(26(36)30-24)33-16-20-14-21(4-5-22(20)27(33)37)32-17-28(18-32)9-12-31(13-10-28)25(35)8-3-19-2-1-11-29-15-19/h1-2,4-5,11,14-15,23H,3,6-10,12-13,16-18H2,(H,30,34,36). The molecule has 2 aromatic rings. The molecule has 1 unspecified atom stereocenters. The molecule has 1 aromatic heterocycles. The molecule has 0 saturated carbocycles. The number of aromatic nitrogens is 1. The minimum atomic E-state index is -0.592. The van der Waals surface area contributed by atoms with Gasteiger partial charge in [0, 0.05) is 74.6 Å². The second-order valence-corrected chi connectivity index (χ2v) is 10.8. The van der Waals surface area contributed by atoms with Gasteiger partial charge in [0.05, 0.1) is 0 Å². The van der Waals surface area contributed by atoms with Crippen LogP contribution in [-0.2, 0) is 27.3 Å². The van der Waals surface area contributed by atoms with Gasteiger partial charge in [-0.25, -0.2) is 0 Å². The van der Waals surface area contributed by atoms with Gasteiger partial charge in [0.15, 0.2) is 0 Å². The van der Waals surface area contributed by atoms with Crippen molar-refractivity contribution in [1.82, 2.24) is 20.1 Å². The van der Waals surface area contributed by atoms with Crippen LogP contribution in [0.5, 0.6) is 0 Å². The SMILES string of the molecule is O=C1CCC(N2Cc3cc(N4CC5(CCN(C(=O)CCc6cccnc6)CC5)C4)ccc3C2=O)C(=O)N1. The minimum Gasteiger partial charge on any atom is -0.370 e. The van der Waals surface area contributed by atoms with E-state index in [0.717, 1.165) is 62.3 Å². The van der Waals surface area contributed by atoms with E-state index in [-0.39, 0.29) is 35.5 Å². The number of imide groups is 1. The van der Waals surface area contributed by atoms with E-state index in [4.69, 9.17) is 0 Å². The van der Waals surface area contributed by atoms with Crippen LogP contribution in [-0.4, -0.2) is 70.6 Å². The lowest BCUT2D eigenvalue weighted by molar-refractivity contribution is -0.137. The van der Waals surface area contributed by atoms with Crippen molar-refractivity contribution in [2.24, 2.45) is 5.41 Å². The number of pyridine rings is 1. The number of benzene rings is 1. The highest BCUT2D eigenvalue weighted by Crippen LogP contribution is 2.43. The largest absolute Gasteiger partial charge is 0.370 e. The summed E-state index contributed by atoms with van der Waals surface area (Å²) >= 11 is 0. The molecule has 0 bridgehead atoms. The molecule has 5 heterocycles. The van der Waals surface area contributed by atoms with E-state index in [2.05, 4.69) is 21.3 Å². The van der Waals surface area contributed by atoms with Crippen molar-refractivity contribution < 1.29 is 19.2 Å². The summed E-state index contributed by atoms with van der Waals surface area (Å²) in [7, 11) is 0. The Kier molecular flexibility index (Phi) is 5.93. The summed E-state index contributed by atoms with van der Waals surface area (Å²) in [5.74, 6) is -0.584. The van der Waals surface area contributed by atoms with Crippen LogP contribution in [0.4, 0.5) is 5.69 Å². The first-order valence-corrected chi connectivity index (χ1v) is 13.1. The zero-order valence-corrected chi connectivity index (χ0v) is 20.8. The second kappa shape index (κ2) is 9.28. The molecule has 1 N–H and O–H groups in total. The molecule has 9 nitrogen and oxygen atoms in total. The molecule has 4 aliphatic rings. The minimum absolute atomic E-state index is 0.142. The number of nitrogens with one attached hydrogen (secondary N) is 1. The number of hydrogen-bond donors (Lipinski definition) is 1. The first kappa shape index (κ1) is 23.6. The number of aryl methyl sites for hydroxylation is 1. The highest BCUT2D eigenvalue weighted by molar-refractivity contribution is 6.05. The van der Waals surface area contributed by atoms with Gasteiger partial charge in [0.2, 0.25) is 17.7 Å². The van der Waals surface area contributed by atoms with Crippen LogP contribution < -0.4 is 10.2 Å². The Bertz CT molecular complexity index is 1250. The number of nitrogens with zero attached hydrogens (tertiary/aromatic N) is 4. The van der Waals surface area contributed by atoms with E-state index in [9.17, 15) is 19.2 Å².